The molecule has 0 aliphatic heterocycles. The maximum Gasteiger partial charge on any atom is 0.340 e. The normalized spacial score (nSPS) is 11.3. The molecular weight excluding hydrogens is 298 g/mol. The lowest BCUT2D eigenvalue weighted by Crippen LogP contribution is -2.12. The number of benzene rings is 1. The molecule has 0 radical (unpaired) electrons. The monoisotopic (exact) mass is 311 g/mol. The lowest BCUT2D eigenvalue weighted by atomic mass is 10.1. The summed E-state index contributed by atoms with van der Waals surface area (Å²) in [5.74, 6) is -0.700. The zero-order valence-corrected chi connectivity index (χ0v) is 12.5. The van der Waals surface area contributed by atoms with E-state index in [2.05, 4.69) is 4.98 Å². The van der Waals surface area contributed by atoms with Crippen LogP contribution in [0.1, 0.15) is 40.2 Å². The van der Waals surface area contributed by atoms with Crippen LogP contribution in [-0.2, 0) is 4.74 Å². The van der Waals surface area contributed by atoms with Crippen LogP contribution < -0.4 is 0 Å². The van der Waals surface area contributed by atoms with Gasteiger partial charge in [0.1, 0.15) is 12.3 Å². The van der Waals surface area contributed by atoms with Crippen molar-refractivity contribution in [3.63, 3.8) is 0 Å². The van der Waals surface area contributed by atoms with Gasteiger partial charge < -0.3 is 4.74 Å². The number of nitro groups is 1. The van der Waals surface area contributed by atoms with Crippen LogP contribution in [0.25, 0.3) is 0 Å². The number of aromatic nitrogens is 1. The minimum atomic E-state index is -0.700. The summed E-state index contributed by atoms with van der Waals surface area (Å²) in [6.07, 6.45) is 0.487. The summed E-state index contributed by atoms with van der Waals surface area (Å²) in [7, 11) is 0. The number of aryl methyl sites for hydroxylation is 1. The van der Waals surface area contributed by atoms with Crippen molar-refractivity contribution in [1.29, 1.82) is 5.26 Å². The predicted molar refractivity (Wildman–Crippen MR) is 80.6 cm³/mol. The molecule has 0 aliphatic carbocycles. The molecule has 1 aromatic carbocycles. The molecule has 7 heteroatoms. The molecule has 0 N–H and O–H groups in total. The fourth-order valence-corrected chi connectivity index (χ4v) is 1.98. The van der Waals surface area contributed by atoms with Gasteiger partial charge in [0, 0.05) is 6.07 Å². The maximum atomic E-state index is 12.2. The third kappa shape index (κ3) is 3.68. The van der Waals surface area contributed by atoms with E-state index in [0.717, 1.165) is 12.3 Å². The number of carbonyl (C=O) groups excluding carboxylic acids is 1. The Morgan fingerprint density at radius 3 is 2.83 bits per heavy atom. The smallest absolute Gasteiger partial charge is 0.340 e. The average Bonchev–Trinajstić information content (AvgIpc) is 2.54. The van der Waals surface area contributed by atoms with Crippen molar-refractivity contribution >= 4 is 11.7 Å². The first kappa shape index (κ1) is 16.1. The topological polar surface area (TPSA) is 106 Å². The van der Waals surface area contributed by atoms with Gasteiger partial charge in [0.25, 0.3) is 5.69 Å². The lowest BCUT2D eigenvalue weighted by molar-refractivity contribution is -0.385. The molecule has 2 aromatic rings. The molecule has 1 heterocycles. The van der Waals surface area contributed by atoms with E-state index in [-0.39, 0.29) is 11.3 Å². The Labute approximate surface area is 132 Å². The second-order valence-corrected chi connectivity index (χ2v) is 4.87. The summed E-state index contributed by atoms with van der Waals surface area (Å²) in [4.78, 5) is 26.2. The molecule has 0 saturated heterocycles. The number of nitrogens with zero attached hydrogens (tertiary/aromatic N) is 3. The Hall–Kier alpha value is -3.27. The minimum Gasteiger partial charge on any atom is -0.454 e. The Bertz CT molecular complexity index is 811. The van der Waals surface area contributed by atoms with Gasteiger partial charge in [-0.3, -0.25) is 15.1 Å². The highest BCUT2D eigenvalue weighted by Gasteiger charge is 2.20. The molecule has 0 bridgehead atoms. The first-order chi connectivity index (χ1) is 10.9. The Balaban J connectivity index is 2.23. The second-order valence-electron chi connectivity index (χ2n) is 4.87. The number of ether oxygens (including phenoxy) is 1. The Morgan fingerprint density at radius 1 is 1.43 bits per heavy atom. The van der Waals surface area contributed by atoms with E-state index in [4.69, 9.17) is 10.00 Å². The van der Waals surface area contributed by atoms with Crippen LogP contribution in [0.15, 0.2) is 36.5 Å². The van der Waals surface area contributed by atoms with Crippen molar-refractivity contribution in [2.24, 2.45) is 0 Å². The molecule has 0 aliphatic rings. The molecule has 1 atom stereocenters. The predicted octanol–water partition coefficient (Wildman–Crippen LogP) is 3.09. The zero-order chi connectivity index (χ0) is 17.0. The molecule has 0 fully saturated rings. The second kappa shape index (κ2) is 6.66. The number of pyridine rings is 1. The highest BCUT2D eigenvalue weighted by molar-refractivity contribution is 5.91. The molecule has 0 spiro atoms. The average molecular weight is 311 g/mol. The number of esters is 1. The molecular formula is C16H13N3O4. The highest BCUT2D eigenvalue weighted by Crippen LogP contribution is 2.22. The van der Waals surface area contributed by atoms with Crippen molar-refractivity contribution in [2.45, 2.75) is 20.0 Å². The first-order valence-corrected chi connectivity index (χ1v) is 6.74. The van der Waals surface area contributed by atoms with Crippen LogP contribution in [0.4, 0.5) is 5.69 Å². The van der Waals surface area contributed by atoms with E-state index in [1.54, 1.807) is 38.1 Å². The van der Waals surface area contributed by atoms with Crippen molar-refractivity contribution in [3.8, 4) is 6.07 Å². The minimum absolute atomic E-state index is 0.0440. The van der Waals surface area contributed by atoms with Crippen LogP contribution in [0.5, 0.6) is 0 Å². The van der Waals surface area contributed by atoms with Gasteiger partial charge in [-0.25, -0.2) is 4.79 Å². The Kier molecular flexibility index (Phi) is 4.66. The largest absolute Gasteiger partial charge is 0.454 e. The molecule has 7 nitrogen and oxygen atoms in total. The molecule has 1 aromatic heterocycles. The summed E-state index contributed by atoms with van der Waals surface area (Å²) in [5.41, 5.74) is 1.23. The van der Waals surface area contributed by atoms with Crippen LogP contribution in [-0.4, -0.2) is 15.9 Å². The Morgan fingerprint density at radius 2 is 2.17 bits per heavy atom. The van der Waals surface area contributed by atoms with E-state index < -0.39 is 17.0 Å². The van der Waals surface area contributed by atoms with Gasteiger partial charge in [0.15, 0.2) is 0 Å². The standard InChI is InChI=1S/C16H13N3O4/c1-10-15(7-14(9-18-10)19(21)22)16(20)23-11(2)13-5-3-4-12(6-13)8-17/h3-7,9,11H,1-2H3. The third-order valence-corrected chi connectivity index (χ3v) is 3.27. The molecule has 0 saturated carbocycles. The number of hydrogen-bond donors (Lipinski definition) is 0. The maximum absolute atomic E-state index is 12.2. The summed E-state index contributed by atoms with van der Waals surface area (Å²) in [6, 6.07) is 9.85. The van der Waals surface area contributed by atoms with Crippen molar-refractivity contribution in [2.75, 3.05) is 0 Å². The van der Waals surface area contributed by atoms with Crippen molar-refractivity contribution in [3.05, 3.63) is 69.0 Å². The van der Waals surface area contributed by atoms with Gasteiger partial charge in [-0.05, 0) is 31.5 Å². The van der Waals surface area contributed by atoms with E-state index in [9.17, 15) is 14.9 Å². The molecule has 2 rings (SSSR count). The van der Waals surface area contributed by atoms with Crippen molar-refractivity contribution < 1.29 is 14.5 Å². The van der Waals surface area contributed by atoms with Gasteiger partial charge >= 0.3 is 5.97 Å². The summed E-state index contributed by atoms with van der Waals surface area (Å²) < 4.78 is 5.33. The van der Waals surface area contributed by atoms with Crippen LogP contribution in [0, 0.1) is 28.4 Å². The summed E-state index contributed by atoms with van der Waals surface area (Å²) >= 11 is 0. The molecule has 0 amide bonds. The molecule has 1 unspecified atom stereocenters. The zero-order valence-electron chi connectivity index (χ0n) is 12.5. The molecule has 23 heavy (non-hydrogen) atoms. The number of hydrogen-bond acceptors (Lipinski definition) is 6. The highest BCUT2D eigenvalue weighted by atomic mass is 16.6. The van der Waals surface area contributed by atoms with Gasteiger partial charge in [0.2, 0.25) is 0 Å². The first-order valence-electron chi connectivity index (χ1n) is 6.74. The molecule has 116 valence electrons. The number of rotatable bonds is 4. The van der Waals surface area contributed by atoms with E-state index >= 15 is 0 Å². The number of carbonyl (C=O) groups is 1. The van der Waals surface area contributed by atoms with Gasteiger partial charge in [-0.2, -0.15) is 5.26 Å². The van der Waals surface area contributed by atoms with Crippen LogP contribution in [0.2, 0.25) is 0 Å². The van der Waals surface area contributed by atoms with E-state index in [1.807, 2.05) is 6.07 Å². The summed E-state index contributed by atoms with van der Waals surface area (Å²) in [5, 5.41) is 19.7. The SMILES string of the molecule is Cc1ncc([N+](=O)[O-])cc1C(=O)OC(C)c1cccc(C#N)c1. The van der Waals surface area contributed by atoms with Crippen LogP contribution >= 0.6 is 0 Å². The lowest BCUT2D eigenvalue weighted by Gasteiger charge is -2.14. The van der Waals surface area contributed by atoms with Crippen molar-refractivity contribution in [1.82, 2.24) is 4.98 Å². The third-order valence-electron chi connectivity index (χ3n) is 3.27. The van der Waals surface area contributed by atoms with E-state index in [1.165, 1.54) is 0 Å². The quantitative estimate of drug-likeness (QED) is 0.488. The summed E-state index contributed by atoms with van der Waals surface area (Å²) in [6.45, 7) is 3.23. The van der Waals surface area contributed by atoms with Crippen LogP contribution in [0.3, 0.4) is 0 Å². The van der Waals surface area contributed by atoms with Gasteiger partial charge in [0.05, 0.1) is 27.8 Å². The van der Waals surface area contributed by atoms with E-state index in [0.29, 0.717) is 16.8 Å². The number of nitriles is 1. The van der Waals surface area contributed by atoms with Gasteiger partial charge in [-0.15, -0.1) is 0 Å². The fourth-order valence-electron chi connectivity index (χ4n) is 1.98. The fraction of sp³-hybridized carbons (Fsp3) is 0.188. The van der Waals surface area contributed by atoms with Gasteiger partial charge in [-0.1, -0.05) is 12.1 Å².